The zero-order chi connectivity index (χ0) is 23.5. The Morgan fingerprint density at radius 3 is 2.64 bits per heavy atom. The summed E-state index contributed by atoms with van der Waals surface area (Å²) in [5.74, 6) is -0.373. The van der Waals surface area contributed by atoms with E-state index in [0.29, 0.717) is 6.54 Å². The van der Waals surface area contributed by atoms with Gasteiger partial charge in [0.15, 0.2) is 29.3 Å². The van der Waals surface area contributed by atoms with Crippen LogP contribution in [0, 0.1) is 0 Å². The largest absolute Gasteiger partial charge is 0.387 e. The monoisotopic (exact) mass is 455 g/mol. The summed E-state index contributed by atoms with van der Waals surface area (Å²) in [4.78, 5) is 37.2. The zero-order valence-corrected chi connectivity index (χ0v) is 18.0. The van der Waals surface area contributed by atoms with Crippen molar-refractivity contribution in [1.29, 1.82) is 0 Å². The third-order valence-electron chi connectivity index (χ3n) is 5.36. The molecule has 1 saturated heterocycles. The minimum atomic E-state index is -1.43. The number of fused-ring (bicyclic) bond motifs is 1. The van der Waals surface area contributed by atoms with Gasteiger partial charge in [-0.25, -0.2) is 19.7 Å². The molecule has 1 fully saturated rings. The second-order valence-corrected chi connectivity index (χ2v) is 7.60. The summed E-state index contributed by atoms with van der Waals surface area (Å²) in [7, 11) is 0. The minimum absolute atomic E-state index is 0.157. The fourth-order valence-electron chi connectivity index (χ4n) is 3.68. The van der Waals surface area contributed by atoms with E-state index in [1.807, 2.05) is 37.3 Å². The quantitative estimate of drug-likeness (QED) is 0.358. The average Bonchev–Trinajstić information content (AvgIpc) is 3.36. The van der Waals surface area contributed by atoms with Gasteiger partial charge in [-0.3, -0.25) is 14.7 Å². The van der Waals surface area contributed by atoms with Crippen LogP contribution in [-0.2, 0) is 9.53 Å². The number of aliphatic hydroxyl groups is 2. The number of amides is 3. The molecule has 12 heteroatoms. The molecule has 0 spiro atoms. The number of benzene rings is 1. The maximum atomic E-state index is 12.5. The number of carbonyl (C=O) groups excluding carboxylic acids is 2. The minimum Gasteiger partial charge on any atom is -0.387 e. The smallest absolute Gasteiger partial charge is 0.320 e. The van der Waals surface area contributed by atoms with Crippen molar-refractivity contribution in [3.63, 3.8) is 0 Å². The summed E-state index contributed by atoms with van der Waals surface area (Å²) >= 11 is 0. The van der Waals surface area contributed by atoms with Gasteiger partial charge in [-0.1, -0.05) is 30.3 Å². The number of aliphatic hydroxyl groups excluding tert-OH is 2. The lowest BCUT2D eigenvalue weighted by atomic mass is 10.1. The highest BCUT2D eigenvalue weighted by atomic mass is 16.6. The second kappa shape index (κ2) is 9.48. The molecular formula is C21H25N7O5. The molecule has 5 N–H and O–H groups in total. The summed E-state index contributed by atoms with van der Waals surface area (Å²) in [5, 5.41) is 28.8. The highest BCUT2D eigenvalue weighted by Crippen LogP contribution is 2.32. The van der Waals surface area contributed by atoms with Crippen molar-refractivity contribution in [2.45, 2.75) is 44.4 Å². The Hall–Kier alpha value is -3.61. The van der Waals surface area contributed by atoms with Gasteiger partial charge in [0.05, 0.1) is 12.4 Å². The number of carbonyl (C=O) groups is 2. The van der Waals surface area contributed by atoms with Crippen molar-refractivity contribution in [1.82, 2.24) is 30.2 Å². The molecule has 1 aliphatic heterocycles. The third kappa shape index (κ3) is 4.49. The van der Waals surface area contributed by atoms with Crippen molar-refractivity contribution < 1.29 is 24.5 Å². The molecule has 0 aliphatic carbocycles. The fraction of sp³-hybridized carbons (Fsp3) is 0.381. The van der Waals surface area contributed by atoms with Crippen LogP contribution in [-0.4, -0.2) is 66.5 Å². The number of likely N-dealkylation sites (N-methyl/N-ethyl adjacent to an activating group) is 1. The van der Waals surface area contributed by atoms with Gasteiger partial charge in [0.1, 0.15) is 18.5 Å². The van der Waals surface area contributed by atoms with Crippen LogP contribution in [0.3, 0.4) is 0 Å². The van der Waals surface area contributed by atoms with Crippen LogP contribution < -0.4 is 16.0 Å². The number of ether oxygens (including phenoxy) is 1. The molecule has 2 aromatic heterocycles. The van der Waals surface area contributed by atoms with E-state index in [1.165, 1.54) is 17.2 Å². The van der Waals surface area contributed by atoms with E-state index < -0.39 is 36.5 Å². The Labute approximate surface area is 189 Å². The molecule has 0 unspecified atom stereocenters. The highest BCUT2D eigenvalue weighted by molar-refractivity contribution is 5.96. The maximum Gasteiger partial charge on any atom is 0.320 e. The third-order valence-corrected chi connectivity index (χ3v) is 5.36. The fourth-order valence-corrected chi connectivity index (χ4v) is 3.68. The van der Waals surface area contributed by atoms with Crippen LogP contribution in [0.4, 0.5) is 10.6 Å². The maximum absolute atomic E-state index is 12.5. The van der Waals surface area contributed by atoms with E-state index in [0.717, 1.165) is 5.56 Å². The topological polar surface area (TPSA) is 164 Å². The van der Waals surface area contributed by atoms with E-state index in [-0.39, 0.29) is 23.0 Å². The van der Waals surface area contributed by atoms with Gasteiger partial charge in [-0.05, 0) is 19.4 Å². The first-order valence-corrected chi connectivity index (χ1v) is 10.5. The zero-order valence-electron chi connectivity index (χ0n) is 18.0. The molecule has 3 heterocycles. The molecule has 3 amide bonds. The lowest BCUT2D eigenvalue weighted by Crippen LogP contribution is -2.42. The Bertz CT molecular complexity index is 1140. The van der Waals surface area contributed by atoms with E-state index in [2.05, 4.69) is 30.9 Å². The van der Waals surface area contributed by atoms with Gasteiger partial charge < -0.3 is 25.6 Å². The van der Waals surface area contributed by atoms with Gasteiger partial charge >= 0.3 is 6.03 Å². The molecule has 12 nitrogen and oxygen atoms in total. The van der Waals surface area contributed by atoms with E-state index >= 15 is 0 Å². The van der Waals surface area contributed by atoms with E-state index in [9.17, 15) is 19.8 Å². The van der Waals surface area contributed by atoms with Crippen molar-refractivity contribution in [2.24, 2.45) is 0 Å². The number of rotatable bonds is 6. The Morgan fingerprint density at radius 1 is 1.15 bits per heavy atom. The molecule has 1 aromatic carbocycles. The summed E-state index contributed by atoms with van der Waals surface area (Å²) < 4.78 is 7.01. The van der Waals surface area contributed by atoms with Crippen molar-refractivity contribution >= 4 is 28.9 Å². The van der Waals surface area contributed by atoms with Crippen LogP contribution in [0.5, 0.6) is 0 Å². The van der Waals surface area contributed by atoms with Gasteiger partial charge in [0.2, 0.25) is 0 Å². The lowest BCUT2D eigenvalue weighted by Gasteiger charge is -2.16. The normalized spacial score (nSPS) is 23.3. The number of urea groups is 1. The van der Waals surface area contributed by atoms with Crippen LogP contribution in [0.2, 0.25) is 0 Å². The molecule has 4 rings (SSSR count). The molecule has 0 saturated carbocycles. The number of hydrogen-bond acceptors (Lipinski definition) is 8. The van der Waals surface area contributed by atoms with Crippen molar-refractivity contribution in [3.05, 3.63) is 48.5 Å². The van der Waals surface area contributed by atoms with E-state index in [4.69, 9.17) is 4.74 Å². The molecule has 0 bridgehead atoms. The van der Waals surface area contributed by atoms with Gasteiger partial charge in [-0.2, -0.15) is 0 Å². The first-order valence-electron chi connectivity index (χ1n) is 10.5. The van der Waals surface area contributed by atoms with Crippen LogP contribution >= 0.6 is 0 Å². The van der Waals surface area contributed by atoms with Crippen molar-refractivity contribution in [3.8, 4) is 0 Å². The summed E-state index contributed by atoms with van der Waals surface area (Å²) in [6, 6.07) is 8.76. The van der Waals surface area contributed by atoms with Crippen LogP contribution in [0.25, 0.3) is 11.2 Å². The molecule has 174 valence electrons. The summed E-state index contributed by atoms with van der Waals surface area (Å²) in [5.41, 5.74) is 1.45. The van der Waals surface area contributed by atoms with Gasteiger partial charge in [-0.15, -0.1) is 0 Å². The predicted molar refractivity (Wildman–Crippen MR) is 117 cm³/mol. The molecule has 3 aromatic rings. The second-order valence-electron chi connectivity index (χ2n) is 7.60. The van der Waals surface area contributed by atoms with Gasteiger partial charge in [0.25, 0.3) is 5.91 Å². The molecule has 5 atom stereocenters. The van der Waals surface area contributed by atoms with Crippen LogP contribution in [0.15, 0.2) is 43.0 Å². The van der Waals surface area contributed by atoms with Crippen molar-refractivity contribution in [2.75, 3.05) is 11.9 Å². The number of aromatic nitrogens is 4. The Balaban J connectivity index is 1.52. The predicted octanol–water partition coefficient (Wildman–Crippen LogP) is 0.464. The molecule has 33 heavy (non-hydrogen) atoms. The summed E-state index contributed by atoms with van der Waals surface area (Å²) in [6.45, 7) is 3.94. The summed E-state index contributed by atoms with van der Waals surface area (Å²) in [6.07, 6.45) is -2.59. The standard InChI is InChI=1S/C21H25N7O5/c1-3-22-19(31)16-14(29)15(30)20(33-16)28-10-25-13-17(23-9-24-18(13)28)27-21(32)26-11(2)12-7-5-4-6-8-12/h4-11,14-16,20,29-30H,3H2,1-2H3,(H,22,31)(H2,23,24,26,27,32)/t11-,14-,15+,16-,20+/m0/s1. The Kier molecular flexibility index (Phi) is 6.49. The van der Waals surface area contributed by atoms with Crippen LogP contribution in [0.1, 0.15) is 31.7 Å². The number of hydrogen-bond donors (Lipinski definition) is 5. The lowest BCUT2D eigenvalue weighted by molar-refractivity contribution is -0.137. The molecule has 0 radical (unpaired) electrons. The highest BCUT2D eigenvalue weighted by Gasteiger charge is 2.47. The average molecular weight is 455 g/mol. The first-order chi connectivity index (χ1) is 15.9. The Morgan fingerprint density at radius 2 is 1.91 bits per heavy atom. The number of nitrogens with one attached hydrogen (secondary N) is 3. The first kappa shape index (κ1) is 22.6. The van der Waals surface area contributed by atoms with Gasteiger partial charge in [0, 0.05) is 6.54 Å². The molecular weight excluding hydrogens is 430 g/mol. The number of nitrogens with zero attached hydrogens (tertiary/aromatic N) is 4. The molecule has 1 aliphatic rings. The number of imidazole rings is 1. The number of anilines is 1. The SMILES string of the molecule is CCNC(=O)[C@H]1O[C@@H](n2cnc3c(NC(=O)N[C@@H](C)c4ccccc4)ncnc32)[C@H](O)[C@@H]1O. The van der Waals surface area contributed by atoms with E-state index in [1.54, 1.807) is 6.92 Å².